The van der Waals surface area contributed by atoms with Gasteiger partial charge in [-0.3, -0.25) is 0 Å². The van der Waals surface area contributed by atoms with E-state index < -0.39 is 0 Å². The van der Waals surface area contributed by atoms with Crippen LogP contribution in [0.4, 0.5) is 0 Å². The zero-order valence-corrected chi connectivity index (χ0v) is 6.87. The van der Waals surface area contributed by atoms with E-state index in [4.69, 9.17) is 4.74 Å². The second-order valence-electron chi connectivity index (χ2n) is 2.15. The number of aryl methyl sites for hydroxylation is 1. The number of nitrogens with zero attached hydrogens (tertiary/aromatic N) is 2. The minimum absolute atomic E-state index is 0.602. The van der Waals surface area contributed by atoms with E-state index >= 15 is 0 Å². The largest absolute Gasteiger partial charge is 0.477 e. The van der Waals surface area contributed by atoms with Crippen LogP contribution in [0, 0.1) is 0 Å². The molecule has 3 heteroatoms. The predicted molar refractivity (Wildman–Crippen MR) is 42.6 cm³/mol. The summed E-state index contributed by atoms with van der Waals surface area (Å²) in [4.78, 5) is 0. The highest BCUT2D eigenvalue weighted by molar-refractivity contribution is 5.11. The van der Waals surface area contributed by atoms with E-state index in [0.717, 1.165) is 12.1 Å². The second kappa shape index (κ2) is 3.91. The molecule has 1 heterocycles. The van der Waals surface area contributed by atoms with Gasteiger partial charge >= 0.3 is 0 Å². The lowest BCUT2D eigenvalue weighted by atomic mass is 10.3. The monoisotopic (exact) mass is 152 g/mol. The number of aromatic nitrogens is 2. The van der Waals surface area contributed by atoms with E-state index in [2.05, 4.69) is 10.2 Å². The Balaban J connectivity index is 2.66. The summed E-state index contributed by atoms with van der Waals surface area (Å²) in [6, 6.07) is 3.77. The van der Waals surface area contributed by atoms with Gasteiger partial charge in [0, 0.05) is 6.07 Å². The third-order valence-electron chi connectivity index (χ3n) is 1.35. The molecular formula is C8H12N2O. The van der Waals surface area contributed by atoms with Gasteiger partial charge in [0.25, 0.3) is 0 Å². The quantitative estimate of drug-likeness (QED) is 0.657. The standard InChI is InChI=1S/C8H12N2O/c1-3-7-5-6-8(10-9-7)11-4-2/h5-6H,3-4H2,1-2H3. The summed E-state index contributed by atoms with van der Waals surface area (Å²) < 4.78 is 5.13. The van der Waals surface area contributed by atoms with Gasteiger partial charge < -0.3 is 4.74 Å². The highest BCUT2D eigenvalue weighted by Gasteiger charge is 1.94. The molecule has 0 spiro atoms. The first kappa shape index (κ1) is 7.98. The second-order valence-corrected chi connectivity index (χ2v) is 2.15. The zero-order valence-electron chi connectivity index (χ0n) is 6.87. The Hall–Kier alpha value is -1.12. The van der Waals surface area contributed by atoms with E-state index in [0.29, 0.717) is 12.5 Å². The molecule has 0 aliphatic rings. The van der Waals surface area contributed by atoms with Gasteiger partial charge in [-0.2, -0.15) is 5.10 Å². The Kier molecular flexibility index (Phi) is 2.83. The summed E-state index contributed by atoms with van der Waals surface area (Å²) in [5, 5.41) is 7.81. The average molecular weight is 152 g/mol. The molecule has 0 amide bonds. The molecule has 0 unspecified atom stereocenters. The number of hydrogen-bond donors (Lipinski definition) is 0. The summed E-state index contributed by atoms with van der Waals surface area (Å²) in [5.74, 6) is 0.602. The van der Waals surface area contributed by atoms with E-state index in [9.17, 15) is 0 Å². The fraction of sp³-hybridized carbons (Fsp3) is 0.500. The molecule has 0 aromatic carbocycles. The maximum absolute atomic E-state index is 5.13. The van der Waals surface area contributed by atoms with Crippen molar-refractivity contribution < 1.29 is 4.74 Å². The zero-order chi connectivity index (χ0) is 8.10. The molecule has 0 saturated heterocycles. The van der Waals surface area contributed by atoms with Crippen LogP contribution in [0.25, 0.3) is 0 Å². The van der Waals surface area contributed by atoms with Gasteiger partial charge in [0.05, 0.1) is 12.3 Å². The lowest BCUT2D eigenvalue weighted by Gasteiger charge is -1.99. The molecule has 0 aliphatic carbocycles. The summed E-state index contributed by atoms with van der Waals surface area (Å²) in [6.45, 7) is 4.61. The van der Waals surface area contributed by atoms with Crippen molar-refractivity contribution in [2.24, 2.45) is 0 Å². The van der Waals surface area contributed by atoms with Crippen molar-refractivity contribution in [1.82, 2.24) is 10.2 Å². The molecule has 1 aromatic rings. The van der Waals surface area contributed by atoms with Crippen LogP contribution >= 0.6 is 0 Å². The van der Waals surface area contributed by atoms with Crippen LogP contribution in [0.1, 0.15) is 19.5 Å². The summed E-state index contributed by atoms with van der Waals surface area (Å²) in [5.41, 5.74) is 0.994. The normalized spacial score (nSPS) is 9.64. The summed E-state index contributed by atoms with van der Waals surface area (Å²) in [6.07, 6.45) is 0.916. The van der Waals surface area contributed by atoms with E-state index in [-0.39, 0.29) is 0 Å². The van der Waals surface area contributed by atoms with Crippen molar-refractivity contribution in [2.45, 2.75) is 20.3 Å². The van der Waals surface area contributed by atoms with E-state index in [1.807, 2.05) is 26.0 Å². The van der Waals surface area contributed by atoms with Crippen molar-refractivity contribution in [3.05, 3.63) is 17.8 Å². The first-order chi connectivity index (χ1) is 5.36. The Morgan fingerprint density at radius 2 is 2.09 bits per heavy atom. The Morgan fingerprint density at radius 3 is 2.55 bits per heavy atom. The summed E-state index contributed by atoms with van der Waals surface area (Å²) >= 11 is 0. The van der Waals surface area contributed by atoms with Gasteiger partial charge in [-0.15, -0.1) is 5.10 Å². The van der Waals surface area contributed by atoms with Crippen LogP contribution in [0.15, 0.2) is 12.1 Å². The molecule has 1 aromatic heterocycles. The number of ether oxygens (including phenoxy) is 1. The minimum Gasteiger partial charge on any atom is -0.477 e. The molecule has 0 N–H and O–H groups in total. The number of hydrogen-bond acceptors (Lipinski definition) is 3. The molecule has 0 radical (unpaired) electrons. The molecule has 0 saturated carbocycles. The molecular weight excluding hydrogens is 140 g/mol. The Bertz CT molecular complexity index is 208. The first-order valence-corrected chi connectivity index (χ1v) is 3.82. The number of rotatable bonds is 3. The van der Waals surface area contributed by atoms with Gasteiger partial charge in [0.2, 0.25) is 5.88 Å². The molecule has 0 bridgehead atoms. The third-order valence-corrected chi connectivity index (χ3v) is 1.35. The third kappa shape index (κ3) is 2.18. The van der Waals surface area contributed by atoms with Crippen molar-refractivity contribution in [2.75, 3.05) is 6.61 Å². The van der Waals surface area contributed by atoms with Gasteiger partial charge in [0.15, 0.2) is 0 Å². The van der Waals surface area contributed by atoms with E-state index in [1.165, 1.54) is 0 Å². The van der Waals surface area contributed by atoms with Gasteiger partial charge in [-0.05, 0) is 19.4 Å². The topological polar surface area (TPSA) is 35.0 Å². The highest BCUT2D eigenvalue weighted by atomic mass is 16.5. The van der Waals surface area contributed by atoms with Gasteiger partial charge in [-0.1, -0.05) is 6.92 Å². The van der Waals surface area contributed by atoms with Crippen molar-refractivity contribution in [3.8, 4) is 5.88 Å². The molecule has 11 heavy (non-hydrogen) atoms. The highest BCUT2D eigenvalue weighted by Crippen LogP contribution is 2.04. The minimum atomic E-state index is 0.602. The van der Waals surface area contributed by atoms with Crippen molar-refractivity contribution in [1.29, 1.82) is 0 Å². The summed E-state index contributed by atoms with van der Waals surface area (Å²) in [7, 11) is 0. The molecule has 60 valence electrons. The fourth-order valence-electron chi connectivity index (χ4n) is 0.761. The maximum Gasteiger partial charge on any atom is 0.233 e. The molecule has 3 nitrogen and oxygen atoms in total. The molecule has 0 aliphatic heterocycles. The lowest BCUT2D eigenvalue weighted by molar-refractivity contribution is 0.322. The Morgan fingerprint density at radius 1 is 1.27 bits per heavy atom. The average Bonchev–Trinajstić information content (AvgIpc) is 2.07. The van der Waals surface area contributed by atoms with Gasteiger partial charge in [-0.25, -0.2) is 0 Å². The van der Waals surface area contributed by atoms with Crippen LogP contribution < -0.4 is 4.74 Å². The predicted octanol–water partition coefficient (Wildman–Crippen LogP) is 1.44. The smallest absolute Gasteiger partial charge is 0.233 e. The maximum atomic E-state index is 5.13. The van der Waals surface area contributed by atoms with Crippen LogP contribution in [0.3, 0.4) is 0 Å². The Labute approximate surface area is 66.4 Å². The lowest BCUT2D eigenvalue weighted by Crippen LogP contribution is -1.97. The molecule has 1 rings (SSSR count). The fourth-order valence-corrected chi connectivity index (χ4v) is 0.761. The van der Waals surface area contributed by atoms with Crippen molar-refractivity contribution in [3.63, 3.8) is 0 Å². The van der Waals surface area contributed by atoms with E-state index in [1.54, 1.807) is 0 Å². The van der Waals surface area contributed by atoms with Crippen molar-refractivity contribution >= 4 is 0 Å². The molecule has 0 atom stereocenters. The van der Waals surface area contributed by atoms with Crippen LogP contribution in [0.2, 0.25) is 0 Å². The SMILES string of the molecule is CCOc1ccc(CC)nn1. The van der Waals surface area contributed by atoms with Gasteiger partial charge in [0.1, 0.15) is 0 Å². The van der Waals surface area contributed by atoms with Crippen LogP contribution in [0.5, 0.6) is 5.88 Å². The van der Waals surface area contributed by atoms with Crippen LogP contribution in [-0.4, -0.2) is 16.8 Å². The molecule has 0 fully saturated rings. The van der Waals surface area contributed by atoms with Crippen LogP contribution in [-0.2, 0) is 6.42 Å². The first-order valence-electron chi connectivity index (χ1n) is 3.82.